The van der Waals surface area contributed by atoms with E-state index in [0.29, 0.717) is 36.6 Å². The molecule has 50 heavy (non-hydrogen) atoms. The number of ether oxygens (including phenoxy) is 1. The lowest BCUT2D eigenvalue weighted by Gasteiger charge is -2.36. The minimum atomic E-state index is -1.04. The number of rotatable bonds is 13. The molecule has 2 saturated carbocycles. The highest BCUT2D eigenvalue weighted by molar-refractivity contribution is 6.38. The van der Waals surface area contributed by atoms with Gasteiger partial charge in [0.1, 0.15) is 17.8 Å². The number of benzene rings is 1. The zero-order chi connectivity index (χ0) is 36.2. The van der Waals surface area contributed by atoms with Crippen molar-refractivity contribution in [3.8, 4) is 5.75 Å². The second kappa shape index (κ2) is 15.5. The Bertz CT molecular complexity index is 1490. The van der Waals surface area contributed by atoms with Gasteiger partial charge < -0.3 is 30.4 Å². The number of oxime groups is 1. The molecule has 2 heterocycles. The van der Waals surface area contributed by atoms with Gasteiger partial charge in [-0.2, -0.15) is 0 Å². The number of carbonyl (C=O) groups excluding carboxylic acids is 5. The fourth-order valence-corrected chi connectivity index (χ4v) is 7.58. The summed E-state index contributed by atoms with van der Waals surface area (Å²) in [5.41, 5.74) is 0.647. The Kier molecular flexibility index (Phi) is 11.6. The van der Waals surface area contributed by atoms with Crippen LogP contribution in [-0.2, 0) is 28.8 Å². The fraction of sp³-hybridized carbons (Fsp3) is 0.684. The van der Waals surface area contributed by atoms with Crippen molar-refractivity contribution in [2.75, 3.05) is 13.7 Å². The Labute approximate surface area is 295 Å². The minimum Gasteiger partial charge on any atom is -0.496 e. The molecule has 3 N–H and O–H groups in total. The molecule has 5 rings (SSSR count). The standard InChI is InChI=1S/C38H55N5O7/c1-7-12-27(31(45)35(47)39-25-17-18-25)40-34(46)29-21-38(20-28(42-50-38)26-16-11-13-23(2)32(26)49-6)22-43(29)36(48)33(37(3,4)5)41-30(44)19-24-14-9-8-10-15-24/h11,13,16,24-25,27,29,33H,7-10,12,14-15,17-22H2,1-6H3,(H,39,47)(H,40,46)(H,41,44)/t27-,29-,33+,38+/m0/s1. The molecule has 4 atom stereocenters. The Morgan fingerprint density at radius 2 is 1.78 bits per heavy atom. The van der Waals surface area contributed by atoms with Gasteiger partial charge in [-0.05, 0) is 62.0 Å². The Balaban J connectivity index is 1.40. The summed E-state index contributed by atoms with van der Waals surface area (Å²) < 4.78 is 5.68. The van der Waals surface area contributed by atoms with Gasteiger partial charge in [0, 0.05) is 30.9 Å². The van der Waals surface area contributed by atoms with E-state index in [9.17, 15) is 24.0 Å². The maximum Gasteiger partial charge on any atom is 0.289 e. The average Bonchev–Trinajstić information content (AvgIpc) is 3.67. The number of likely N-dealkylation sites (tertiary alicyclic amines) is 1. The number of amides is 4. The molecule has 12 nitrogen and oxygen atoms in total. The second-order valence-corrected chi connectivity index (χ2v) is 15.9. The van der Waals surface area contributed by atoms with Crippen LogP contribution in [0.15, 0.2) is 23.4 Å². The van der Waals surface area contributed by atoms with E-state index >= 15 is 0 Å². The molecule has 2 aliphatic heterocycles. The minimum absolute atomic E-state index is 0.00405. The van der Waals surface area contributed by atoms with E-state index in [1.54, 1.807) is 7.11 Å². The lowest BCUT2D eigenvalue weighted by molar-refractivity contribution is -0.145. The van der Waals surface area contributed by atoms with Crippen molar-refractivity contribution in [3.05, 3.63) is 29.3 Å². The number of para-hydroxylation sites is 1. The largest absolute Gasteiger partial charge is 0.496 e. The van der Waals surface area contributed by atoms with Crippen LogP contribution in [0.2, 0.25) is 0 Å². The predicted octanol–water partition coefficient (Wildman–Crippen LogP) is 4.10. The van der Waals surface area contributed by atoms with Gasteiger partial charge in [0.2, 0.25) is 23.5 Å². The van der Waals surface area contributed by atoms with E-state index in [2.05, 4.69) is 21.1 Å². The van der Waals surface area contributed by atoms with Crippen LogP contribution in [0.1, 0.15) is 116 Å². The van der Waals surface area contributed by atoms with Crippen molar-refractivity contribution in [1.29, 1.82) is 0 Å². The third-order valence-corrected chi connectivity index (χ3v) is 10.5. The summed E-state index contributed by atoms with van der Waals surface area (Å²) in [5.74, 6) is -1.57. The van der Waals surface area contributed by atoms with E-state index in [0.717, 1.165) is 49.7 Å². The molecule has 1 aromatic carbocycles. The molecular formula is C38H55N5O7. The maximum atomic E-state index is 14.6. The summed E-state index contributed by atoms with van der Waals surface area (Å²) in [7, 11) is 1.60. The molecule has 4 aliphatic rings. The number of nitrogens with zero attached hydrogens (tertiary/aromatic N) is 2. The molecule has 4 amide bonds. The number of Topliss-reactive ketones (excluding diaryl/α,β-unsaturated/α-hetero) is 1. The van der Waals surface area contributed by atoms with Gasteiger partial charge >= 0.3 is 0 Å². The lowest BCUT2D eigenvalue weighted by atomic mass is 9.84. The van der Waals surface area contributed by atoms with Gasteiger partial charge in [-0.3, -0.25) is 24.0 Å². The highest BCUT2D eigenvalue weighted by Crippen LogP contribution is 2.41. The number of hydrogen-bond donors (Lipinski definition) is 3. The van der Waals surface area contributed by atoms with Crippen LogP contribution in [0.5, 0.6) is 5.75 Å². The molecule has 0 unspecified atom stereocenters. The third kappa shape index (κ3) is 8.66. The highest BCUT2D eigenvalue weighted by atomic mass is 16.7. The molecule has 0 aromatic heterocycles. The predicted molar refractivity (Wildman–Crippen MR) is 188 cm³/mol. The van der Waals surface area contributed by atoms with Crippen LogP contribution in [0.4, 0.5) is 0 Å². The van der Waals surface area contributed by atoms with E-state index in [4.69, 9.17) is 9.57 Å². The van der Waals surface area contributed by atoms with Gasteiger partial charge in [-0.1, -0.05) is 70.7 Å². The number of ketones is 1. The molecule has 12 heteroatoms. The average molecular weight is 694 g/mol. The SMILES string of the molecule is CCC[C@H](NC(=O)[C@@H]1C[C@]2(CC(c3cccc(C)c3OC)=NO2)CN1C(=O)[C@@H](NC(=O)CC1CCCCC1)C(C)(C)C)C(=O)C(=O)NC1CC1. The van der Waals surface area contributed by atoms with Crippen molar-refractivity contribution in [2.24, 2.45) is 16.5 Å². The Hall–Kier alpha value is -3.96. The summed E-state index contributed by atoms with van der Waals surface area (Å²) in [5, 5.41) is 13.0. The number of methoxy groups -OCH3 is 1. The van der Waals surface area contributed by atoms with E-state index in [1.807, 2.05) is 52.8 Å². The van der Waals surface area contributed by atoms with Crippen molar-refractivity contribution >= 4 is 35.1 Å². The molecule has 0 radical (unpaired) electrons. The smallest absolute Gasteiger partial charge is 0.289 e. The van der Waals surface area contributed by atoms with Crippen LogP contribution in [0, 0.1) is 18.3 Å². The van der Waals surface area contributed by atoms with E-state index in [1.165, 1.54) is 11.3 Å². The Morgan fingerprint density at radius 3 is 2.42 bits per heavy atom. The number of hydrogen-bond acceptors (Lipinski definition) is 8. The number of aryl methyl sites for hydroxylation is 1. The monoisotopic (exact) mass is 693 g/mol. The zero-order valence-corrected chi connectivity index (χ0v) is 30.6. The molecule has 0 bridgehead atoms. The molecule has 3 fully saturated rings. The molecule has 1 aromatic rings. The topological polar surface area (TPSA) is 156 Å². The van der Waals surface area contributed by atoms with Crippen molar-refractivity contribution in [2.45, 2.75) is 141 Å². The first-order chi connectivity index (χ1) is 23.7. The molecule has 1 saturated heterocycles. The summed E-state index contributed by atoms with van der Waals surface area (Å²) in [6.07, 6.45) is 8.66. The third-order valence-electron chi connectivity index (χ3n) is 10.5. The first-order valence-corrected chi connectivity index (χ1v) is 18.4. The quantitative estimate of drug-likeness (QED) is 0.263. The summed E-state index contributed by atoms with van der Waals surface area (Å²) in [4.78, 5) is 75.8. The number of carbonyl (C=O) groups is 5. The van der Waals surface area contributed by atoms with Crippen LogP contribution >= 0.6 is 0 Å². The fourth-order valence-electron chi connectivity index (χ4n) is 7.58. The number of nitrogens with one attached hydrogen (secondary N) is 3. The maximum absolute atomic E-state index is 14.6. The van der Waals surface area contributed by atoms with E-state index < -0.39 is 52.6 Å². The normalized spacial score (nSPS) is 23.4. The first kappa shape index (κ1) is 37.3. The molecule has 274 valence electrons. The summed E-state index contributed by atoms with van der Waals surface area (Å²) in [6.45, 7) is 9.54. The van der Waals surface area contributed by atoms with E-state index in [-0.39, 0.29) is 31.3 Å². The van der Waals surface area contributed by atoms with Gasteiger partial charge in [-0.25, -0.2) is 0 Å². The first-order valence-electron chi connectivity index (χ1n) is 18.4. The van der Waals surface area contributed by atoms with Crippen LogP contribution in [0.3, 0.4) is 0 Å². The van der Waals surface area contributed by atoms with Gasteiger partial charge in [0.15, 0.2) is 5.60 Å². The zero-order valence-electron chi connectivity index (χ0n) is 30.6. The van der Waals surface area contributed by atoms with Crippen LogP contribution in [0.25, 0.3) is 0 Å². The van der Waals surface area contributed by atoms with Gasteiger partial charge in [0.05, 0.1) is 25.4 Å². The molecular weight excluding hydrogens is 638 g/mol. The lowest BCUT2D eigenvalue weighted by Crippen LogP contribution is -2.59. The molecule has 1 spiro atoms. The van der Waals surface area contributed by atoms with Gasteiger partial charge in [0.25, 0.3) is 5.91 Å². The summed E-state index contributed by atoms with van der Waals surface area (Å²) >= 11 is 0. The second-order valence-electron chi connectivity index (χ2n) is 15.9. The molecule has 2 aliphatic carbocycles. The highest BCUT2D eigenvalue weighted by Gasteiger charge is 2.56. The van der Waals surface area contributed by atoms with Gasteiger partial charge in [-0.15, -0.1) is 0 Å². The summed E-state index contributed by atoms with van der Waals surface area (Å²) in [6, 6.07) is 2.77. The van der Waals surface area contributed by atoms with Crippen LogP contribution in [-0.4, -0.2) is 83.4 Å². The van der Waals surface area contributed by atoms with Crippen molar-refractivity contribution in [3.63, 3.8) is 0 Å². The Morgan fingerprint density at radius 1 is 1.06 bits per heavy atom. The van der Waals surface area contributed by atoms with Crippen LogP contribution < -0.4 is 20.7 Å². The van der Waals surface area contributed by atoms with Crippen molar-refractivity contribution < 1.29 is 33.5 Å². The van der Waals surface area contributed by atoms with Crippen molar-refractivity contribution in [1.82, 2.24) is 20.9 Å².